The molecule has 0 radical (unpaired) electrons. The molecule has 3 aromatic rings. The highest BCUT2D eigenvalue weighted by molar-refractivity contribution is 5.97. The number of carboxylic acid groups (broad SMARTS) is 1. The predicted octanol–water partition coefficient (Wildman–Crippen LogP) is 5.01. The van der Waals surface area contributed by atoms with E-state index in [1.807, 2.05) is 46.8 Å². The number of rotatable bonds is 13. The first kappa shape index (κ1) is 34.2. The molecule has 0 saturated heterocycles. The number of benzene rings is 2. The molecule has 3 rings (SSSR count). The fourth-order valence-corrected chi connectivity index (χ4v) is 5.53. The Hall–Kier alpha value is -4.31. The molecule has 0 aliphatic carbocycles. The normalized spacial score (nSPS) is 12.6. The molecule has 9 nitrogen and oxygen atoms in total. The number of carbonyl (C=O) groups is 3. The Bertz CT molecular complexity index is 1570. The number of aliphatic carboxylic acids is 1. The molecular weight excluding hydrogens is 565 g/mol. The first-order chi connectivity index (χ1) is 20.7. The number of carbonyl (C=O) groups excluding carboxylic acids is 2. The summed E-state index contributed by atoms with van der Waals surface area (Å²) in [6, 6.07) is 7.94. The van der Waals surface area contributed by atoms with Crippen LogP contribution in [0.15, 0.2) is 47.4 Å². The summed E-state index contributed by atoms with van der Waals surface area (Å²) >= 11 is 0. The van der Waals surface area contributed by atoms with Crippen molar-refractivity contribution < 1.29 is 28.6 Å². The number of nitrogens with one attached hydrogen (secondary N) is 2. The van der Waals surface area contributed by atoms with Crippen LogP contribution in [-0.2, 0) is 20.9 Å². The van der Waals surface area contributed by atoms with Gasteiger partial charge in [-0.25, -0.2) is 4.39 Å². The Morgan fingerprint density at radius 2 is 1.66 bits per heavy atom. The zero-order chi connectivity index (χ0) is 32.7. The fraction of sp³-hybridized carbons (Fsp3) is 0.412. The third-order valence-corrected chi connectivity index (χ3v) is 7.45. The van der Waals surface area contributed by atoms with Gasteiger partial charge in [0.25, 0.3) is 11.5 Å². The molecule has 0 spiro atoms. The van der Waals surface area contributed by atoms with Crippen LogP contribution < -0.4 is 16.2 Å². The van der Waals surface area contributed by atoms with Gasteiger partial charge in [-0.1, -0.05) is 31.5 Å². The van der Waals surface area contributed by atoms with E-state index in [2.05, 4.69) is 10.6 Å². The van der Waals surface area contributed by atoms with Gasteiger partial charge in [0, 0.05) is 25.4 Å². The van der Waals surface area contributed by atoms with E-state index in [1.165, 1.54) is 23.9 Å². The summed E-state index contributed by atoms with van der Waals surface area (Å²) in [5.41, 5.74) is 4.33. The van der Waals surface area contributed by atoms with E-state index in [0.29, 0.717) is 11.1 Å². The van der Waals surface area contributed by atoms with Gasteiger partial charge in [-0.3, -0.25) is 19.2 Å². The van der Waals surface area contributed by atoms with Gasteiger partial charge in [-0.2, -0.15) is 0 Å². The van der Waals surface area contributed by atoms with Crippen LogP contribution in [0.5, 0.6) is 0 Å². The van der Waals surface area contributed by atoms with E-state index in [1.54, 1.807) is 25.1 Å². The lowest BCUT2D eigenvalue weighted by Gasteiger charge is -2.25. The van der Waals surface area contributed by atoms with Gasteiger partial charge in [0.15, 0.2) is 0 Å². The van der Waals surface area contributed by atoms with E-state index in [0.717, 1.165) is 22.3 Å². The molecule has 1 heterocycles. The van der Waals surface area contributed by atoms with Gasteiger partial charge >= 0.3 is 5.97 Å². The lowest BCUT2D eigenvalue weighted by molar-refractivity contribution is -0.137. The highest BCUT2D eigenvalue weighted by Gasteiger charge is 2.29. The molecule has 2 aromatic carbocycles. The number of carboxylic acids is 1. The number of amides is 2. The van der Waals surface area contributed by atoms with Crippen LogP contribution in [0.2, 0.25) is 0 Å². The molecule has 3 N–H and O–H groups in total. The average Bonchev–Trinajstić information content (AvgIpc) is 2.92. The predicted molar refractivity (Wildman–Crippen MR) is 167 cm³/mol. The summed E-state index contributed by atoms with van der Waals surface area (Å²) in [6.45, 7) is 11.8. The molecular formula is C34H42FN3O6. The third-order valence-electron chi connectivity index (χ3n) is 7.45. The van der Waals surface area contributed by atoms with Gasteiger partial charge in [-0.15, -0.1) is 0 Å². The second-order valence-corrected chi connectivity index (χ2v) is 11.7. The number of methoxy groups -OCH3 is 1. The average molecular weight is 608 g/mol. The Balaban J connectivity index is 1.98. The lowest BCUT2D eigenvalue weighted by atomic mass is 9.89. The monoisotopic (exact) mass is 607 g/mol. The number of hydrogen-bond donors (Lipinski definition) is 3. The number of ether oxygens (including phenoxy) is 1. The maximum atomic E-state index is 15.7. The smallest absolute Gasteiger partial charge is 0.305 e. The van der Waals surface area contributed by atoms with Crippen LogP contribution in [0.4, 0.5) is 4.39 Å². The molecule has 44 heavy (non-hydrogen) atoms. The van der Waals surface area contributed by atoms with Crippen LogP contribution in [0, 0.1) is 39.4 Å². The number of aromatic nitrogens is 1. The van der Waals surface area contributed by atoms with Crippen molar-refractivity contribution in [3.63, 3.8) is 0 Å². The number of nitrogens with zero attached hydrogens (tertiary/aromatic N) is 1. The third kappa shape index (κ3) is 8.41. The summed E-state index contributed by atoms with van der Waals surface area (Å²) < 4.78 is 22.0. The number of pyridine rings is 1. The van der Waals surface area contributed by atoms with Crippen molar-refractivity contribution in [2.45, 2.75) is 73.0 Å². The molecule has 0 aliphatic rings. The van der Waals surface area contributed by atoms with Gasteiger partial charge < -0.3 is 25.0 Å². The maximum Gasteiger partial charge on any atom is 0.305 e. The second-order valence-electron chi connectivity index (χ2n) is 11.7. The minimum absolute atomic E-state index is 0.0360. The summed E-state index contributed by atoms with van der Waals surface area (Å²) in [5, 5.41) is 15.1. The standard InChI is InChI=1S/C34H42FN3O6/c1-19(2)13-28(37-32(41)25-9-8-10-38(34(25)43)11-12-44-7)33(42)36-27(18-29(39)40)26-17-24(16-23(6)31(26)35)30-21(4)14-20(3)15-22(30)5/h8-10,14-17,19,27-28H,11-13,18H2,1-7H3,(H,36,42)(H,37,41)(H,39,40)/t27-,28-/m0/s1. The fourth-order valence-electron chi connectivity index (χ4n) is 5.53. The zero-order valence-corrected chi connectivity index (χ0v) is 26.4. The molecule has 236 valence electrons. The van der Waals surface area contributed by atoms with Crippen LogP contribution in [0.1, 0.15) is 70.9 Å². The molecule has 0 fully saturated rings. The van der Waals surface area contributed by atoms with E-state index in [4.69, 9.17) is 4.74 Å². The van der Waals surface area contributed by atoms with Crippen LogP contribution in [0.3, 0.4) is 0 Å². The van der Waals surface area contributed by atoms with Crippen LogP contribution >= 0.6 is 0 Å². The lowest BCUT2D eigenvalue weighted by Crippen LogP contribution is -2.49. The Labute approximate surface area is 257 Å². The molecule has 2 atom stereocenters. The molecule has 0 unspecified atom stereocenters. The van der Waals surface area contributed by atoms with Gasteiger partial charge in [0.05, 0.1) is 19.1 Å². The van der Waals surface area contributed by atoms with Gasteiger partial charge in [0.2, 0.25) is 5.91 Å². The Kier molecular flexibility index (Phi) is 11.6. The van der Waals surface area contributed by atoms with Crippen LogP contribution in [-0.4, -0.2) is 47.2 Å². The molecule has 0 saturated carbocycles. The van der Waals surface area contributed by atoms with Crippen molar-refractivity contribution in [3.8, 4) is 11.1 Å². The van der Waals surface area contributed by atoms with E-state index in [-0.39, 0.29) is 36.6 Å². The molecule has 10 heteroatoms. The number of hydrogen-bond acceptors (Lipinski definition) is 5. The minimum atomic E-state index is -1.23. The summed E-state index contributed by atoms with van der Waals surface area (Å²) in [7, 11) is 1.50. The highest BCUT2D eigenvalue weighted by atomic mass is 19.1. The molecule has 2 amide bonds. The van der Waals surface area contributed by atoms with Crippen molar-refractivity contribution >= 4 is 17.8 Å². The van der Waals surface area contributed by atoms with Crippen molar-refractivity contribution in [1.82, 2.24) is 15.2 Å². The van der Waals surface area contributed by atoms with Crippen molar-refractivity contribution in [1.29, 1.82) is 0 Å². The van der Waals surface area contributed by atoms with Crippen LogP contribution in [0.25, 0.3) is 11.1 Å². The second kappa shape index (κ2) is 14.9. The zero-order valence-electron chi connectivity index (χ0n) is 26.4. The van der Waals surface area contributed by atoms with Gasteiger partial charge in [-0.05, 0) is 92.1 Å². The Morgan fingerprint density at radius 3 is 2.25 bits per heavy atom. The van der Waals surface area contributed by atoms with Gasteiger partial charge in [0.1, 0.15) is 17.4 Å². The van der Waals surface area contributed by atoms with Crippen molar-refractivity contribution in [2.75, 3.05) is 13.7 Å². The van der Waals surface area contributed by atoms with E-state index >= 15 is 4.39 Å². The first-order valence-corrected chi connectivity index (χ1v) is 14.6. The summed E-state index contributed by atoms with van der Waals surface area (Å²) in [4.78, 5) is 51.7. The number of halogens is 1. The first-order valence-electron chi connectivity index (χ1n) is 14.6. The molecule has 0 bridgehead atoms. The molecule has 1 aromatic heterocycles. The van der Waals surface area contributed by atoms with E-state index < -0.39 is 47.7 Å². The largest absolute Gasteiger partial charge is 0.481 e. The maximum absolute atomic E-state index is 15.7. The summed E-state index contributed by atoms with van der Waals surface area (Å²) in [6.07, 6.45) is 1.16. The SMILES string of the molecule is COCCn1cccc(C(=O)N[C@@H](CC(C)C)C(=O)N[C@@H](CC(=O)O)c2cc(-c3c(C)cc(C)cc3C)cc(C)c2F)c1=O. The topological polar surface area (TPSA) is 127 Å². The highest BCUT2D eigenvalue weighted by Crippen LogP contribution is 2.34. The Morgan fingerprint density at radius 1 is 1.00 bits per heavy atom. The van der Waals surface area contributed by atoms with E-state index in [9.17, 15) is 24.3 Å². The van der Waals surface area contributed by atoms with Crippen molar-refractivity contribution in [3.05, 3.63) is 92.1 Å². The summed E-state index contributed by atoms with van der Waals surface area (Å²) in [5.74, 6) is -3.32. The minimum Gasteiger partial charge on any atom is -0.481 e. The molecule has 0 aliphatic heterocycles. The number of aryl methyl sites for hydroxylation is 4. The van der Waals surface area contributed by atoms with Crippen molar-refractivity contribution in [2.24, 2.45) is 5.92 Å². The quantitative estimate of drug-likeness (QED) is 0.251.